The van der Waals surface area contributed by atoms with Crippen molar-refractivity contribution in [1.82, 2.24) is 34.6 Å². The fraction of sp³-hybridized carbons (Fsp3) is 0.280. The van der Waals surface area contributed by atoms with Gasteiger partial charge in [-0.15, -0.1) is 5.10 Å². The van der Waals surface area contributed by atoms with Crippen LogP contribution >= 0.6 is 0 Å². The van der Waals surface area contributed by atoms with Crippen molar-refractivity contribution in [1.29, 1.82) is 0 Å². The minimum Gasteiger partial charge on any atom is -0.364 e. The number of hydrogen-bond acceptors (Lipinski definition) is 8. The molecule has 4 rings (SSSR count). The average molecular weight is 524 g/mol. The molecule has 3 aromatic rings. The van der Waals surface area contributed by atoms with Gasteiger partial charge in [0, 0.05) is 24.7 Å². The summed E-state index contributed by atoms with van der Waals surface area (Å²) < 4.78 is 38.4. The maximum atomic E-state index is 15.0. The first-order valence-electron chi connectivity index (χ1n) is 11.7. The van der Waals surface area contributed by atoms with Gasteiger partial charge in [0.25, 0.3) is 0 Å². The minimum atomic E-state index is -0.886. The third-order valence-corrected chi connectivity index (χ3v) is 5.59. The topological polar surface area (TPSA) is 120 Å². The molecule has 1 aliphatic heterocycles. The number of aromatic nitrogens is 6. The summed E-state index contributed by atoms with van der Waals surface area (Å²) in [7, 11) is 0. The van der Waals surface area contributed by atoms with E-state index in [2.05, 4.69) is 44.0 Å². The van der Waals surface area contributed by atoms with Gasteiger partial charge in [-0.1, -0.05) is 29.5 Å². The van der Waals surface area contributed by atoms with Gasteiger partial charge in [-0.25, -0.2) is 18.6 Å². The summed E-state index contributed by atoms with van der Waals surface area (Å²) in [5, 5.41) is 15.7. The Labute approximate surface area is 216 Å². The third-order valence-electron chi connectivity index (χ3n) is 5.59. The number of nitrogens with zero attached hydrogens (tertiary/aromatic N) is 8. The molecule has 198 valence electrons. The highest BCUT2D eigenvalue weighted by Crippen LogP contribution is 2.23. The van der Waals surface area contributed by atoms with Crippen LogP contribution in [0.1, 0.15) is 25.4 Å². The number of fused-ring (bicyclic) bond motifs is 1. The Morgan fingerprint density at radius 3 is 2.82 bits per heavy atom. The molecule has 13 heteroatoms. The summed E-state index contributed by atoms with van der Waals surface area (Å²) in [6.07, 6.45) is 5.35. The second-order valence-corrected chi connectivity index (χ2v) is 8.45. The Balaban J connectivity index is 1.61. The number of halogens is 2. The Morgan fingerprint density at radius 2 is 2.16 bits per heavy atom. The van der Waals surface area contributed by atoms with Gasteiger partial charge in [0.1, 0.15) is 23.6 Å². The first-order valence-corrected chi connectivity index (χ1v) is 11.7. The van der Waals surface area contributed by atoms with Crippen LogP contribution in [0.5, 0.6) is 0 Å². The lowest BCUT2D eigenvalue weighted by molar-refractivity contribution is 0.421. The normalized spacial score (nSPS) is 15.1. The Morgan fingerprint density at radius 1 is 1.34 bits per heavy atom. The van der Waals surface area contributed by atoms with Crippen molar-refractivity contribution in [2.45, 2.75) is 40.0 Å². The van der Waals surface area contributed by atoms with Crippen LogP contribution in [0.15, 0.2) is 79.2 Å². The first-order chi connectivity index (χ1) is 18.3. The van der Waals surface area contributed by atoms with Crippen LogP contribution < -0.4 is 11.0 Å². The molecular formula is C25H27F2N9O2. The zero-order valence-corrected chi connectivity index (χ0v) is 21.1. The largest absolute Gasteiger partial charge is 0.364 e. The molecule has 0 bridgehead atoms. The predicted molar refractivity (Wildman–Crippen MR) is 140 cm³/mol. The number of nitrogens with one attached hydrogen (secondary N) is 1. The summed E-state index contributed by atoms with van der Waals surface area (Å²) in [4.78, 5) is 20.4. The highest BCUT2D eigenvalue weighted by atomic mass is 19.1. The maximum Gasteiger partial charge on any atom is 0.352 e. The second kappa shape index (κ2) is 11.7. The van der Waals surface area contributed by atoms with Crippen LogP contribution in [0.4, 0.5) is 8.78 Å². The van der Waals surface area contributed by atoms with Gasteiger partial charge in [0.05, 0.1) is 37.2 Å². The molecule has 0 aliphatic carbocycles. The Kier molecular flexibility index (Phi) is 8.16. The van der Waals surface area contributed by atoms with Crippen molar-refractivity contribution < 1.29 is 13.3 Å². The monoisotopic (exact) mass is 523 g/mol. The summed E-state index contributed by atoms with van der Waals surface area (Å²) >= 11 is 0. The molecule has 4 heterocycles. The number of hydrogen-bond donors (Lipinski definition) is 1. The number of rotatable bonds is 10. The van der Waals surface area contributed by atoms with Crippen molar-refractivity contribution in [3.05, 3.63) is 81.9 Å². The predicted octanol–water partition coefficient (Wildman–Crippen LogP) is 3.44. The molecular weight excluding hydrogens is 496 g/mol. The fourth-order valence-corrected chi connectivity index (χ4v) is 3.90. The van der Waals surface area contributed by atoms with E-state index in [1.165, 1.54) is 16.9 Å². The van der Waals surface area contributed by atoms with E-state index in [4.69, 9.17) is 4.52 Å². The molecule has 1 N–H and O–H groups in total. The van der Waals surface area contributed by atoms with Crippen molar-refractivity contribution in [3.8, 4) is 11.4 Å². The van der Waals surface area contributed by atoms with Gasteiger partial charge in [-0.2, -0.15) is 9.78 Å². The summed E-state index contributed by atoms with van der Waals surface area (Å²) in [6.45, 7) is 12.1. The SMILES string of the molecule is C=N/C(=C(F)\C=N/Cc1cc(-c2ccon2)n(CC(=C/C(=C)C)/C(F)=C\C)n1)n1nc2n(c1=O)CCNC2. The van der Waals surface area contributed by atoms with Gasteiger partial charge < -0.3 is 9.84 Å². The summed E-state index contributed by atoms with van der Waals surface area (Å²) in [6, 6.07) is 3.35. The molecule has 0 unspecified atom stereocenters. The van der Waals surface area contributed by atoms with Crippen molar-refractivity contribution in [2.24, 2.45) is 9.98 Å². The molecule has 11 nitrogen and oxygen atoms in total. The first kappa shape index (κ1) is 26.5. The zero-order chi connectivity index (χ0) is 27.2. The molecule has 0 saturated carbocycles. The molecule has 3 aromatic heterocycles. The minimum absolute atomic E-state index is 0.0141. The van der Waals surface area contributed by atoms with Crippen molar-refractivity contribution >= 4 is 18.8 Å². The average Bonchev–Trinajstić information content (AvgIpc) is 3.64. The van der Waals surface area contributed by atoms with Crippen LogP contribution in [0.3, 0.4) is 0 Å². The molecule has 0 saturated heterocycles. The van der Waals surface area contributed by atoms with Gasteiger partial charge >= 0.3 is 5.69 Å². The van der Waals surface area contributed by atoms with Crippen LogP contribution in [0.2, 0.25) is 0 Å². The molecule has 0 radical (unpaired) electrons. The van der Waals surface area contributed by atoms with Crippen LogP contribution in [0, 0.1) is 0 Å². The van der Waals surface area contributed by atoms with Gasteiger partial charge in [0.15, 0.2) is 11.6 Å². The second-order valence-electron chi connectivity index (χ2n) is 8.45. The third kappa shape index (κ3) is 5.72. The number of aliphatic imine (C=N–C) groups is 2. The van der Waals surface area contributed by atoms with E-state index in [0.29, 0.717) is 53.7 Å². The highest BCUT2D eigenvalue weighted by molar-refractivity contribution is 5.84. The fourth-order valence-electron chi connectivity index (χ4n) is 3.90. The van der Waals surface area contributed by atoms with Gasteiger partial charge in [-0.05, 0) is 26.6 Å². The van der Waals surface area contributed by atoms with E-state index < -0.39 is 17.3 Å². The van der Waals surface area contributed by atoms with E-state index in [0.717, 1.165) is 10.9 Å². The number of allylic oxidation sites excluding steroid dienone is 6. The van der Waals surface area contributed by atoms with E-state index in [1.807, 2.05) is 0 Å². The molecule has 1 aliphatic rings. The van der Waals surface area contributed by atoms with Gasteiger partial charge in [0.2, 0.25) is 0 Å². The zero-order valence-electron chi connectivity index (χ0n) is 21.1. The van der Waals surface area contributed by atoms with E-state index in [9.17, 15) is 13.6 Å². The van der Waals surface area contributed by atoms with E-state index in [1.54, 1.807) is 36.7 Å². The van der Waals surface area contributed by atoms with Crippen molar-refractivity contribution in [2.75, 3.05) is 6.54 Å². The quantitative estimate of drug-likeness (QED) is 0.321. The summed E-state index contributed by atoms with van der Waals surface area (Å²) in [5.41, 5.74) is 2.08. The van der Waals surface area contributed by atoms with Crippen molar-refractivity contribution in [3.63, 3.8) is 0 Å². The van der Waals surface area contributed by atoms with Crippen LogP contribution in [0.25, 0.3) is 17.2 Å². The molecule has 0 spiro atoms. The van der Waals surface area contributed by atoms with Crippen LogP contribution in [-0.4, -0.2) is 48.8 Å². The summed E-state index contributed by atoms with van der Waals surface area (Å²) in [5.74, 6) is -1.17. The molecule has 38 heavy (non-hydrogen) atoms. The van der Waals surface area contributed by atoms with E-state index in [-0.39, 0.29) is 18.9 Å². The lowest BCUT2D eigenvalue weighted by Gasteiger charge is -2.11. The standard InChI is InChI=1S/C25H27F2N9O2/c1-5-19(26)17(10-16(2)3)15-35-22(21-6-9-38-33-21)11-18(31-35)12-30-13-20(27)24(28-4)36-25(37)34-8-7-29-14-23(34)32-36/h5-6,9-11,13,29H,2,4,7-8,12,14-15H2,1,3H3/b17-10-,19-5+,24-20-,30-13-. The molecule has 0 atom stereocenters. The van der Waals surface area contributed by atoms with E-state index >= 15 is 0 Å². The lowest BCUT2D eigenvalue weighted by Crippen LogP contribution is -2.34. The molecule has 0 amide bonds. The van der Waals surface area contributed by atoms with Gasteiger partial charge in [-0.3, -0.25) is 14.2 Å². The highest BCUT2D eigenvalue weighted by Gasteiger charge is 2.20. The Bertz CT molecular complexity index is 1520. The Hall–Kier alpha value is -4.52. The van der Waals surface area contributed by atoms with Crippen LogP contribution in [-0.2, 0) is 26.2 Å². The molecule has 0 aromatic carbocycles. The lowest BCUT2D eigenvalue weighted by atomic mass is 10.1. The maximum absolute atomic E-state index is 15.0. The molecule has 0 fully saturated rings. The smallest absolute Gasteiger partial charge is 0.352 e.